The molecule has 1 saturated heterocycles. The minimum Gasteiger partial charge on any atom is -0.492 e. The van der Waals surface area contributed by atoms with Gasteiger partial charge in [0.2, 0.25) is 0 Å². The maximum absolute atomic E-state index is 13.8. The fourth-order valence-electron chi connectivity index (χ4n) is 5.69. The van der Waals surface area contributed by atoms with Crippen LogP contribution >= 0.6 is 11.3 Å². The topological polar surface area (TPSA) is 136 Å². The zero-order valence-electron chi connectivity index (χ0n) is 26.9. The lowest BCUT2D eigenvalue weighted by Crippen LogP contribution is -2.34. The van der Waals surface area contributed by atoms with Crippen molar-refractivity contribution in [2.24, 2.45) is 0 Å². The van der Waals surface area contributed by atoms with Crippen molar-refractivity contribution in [1.29, 1.82) is 0 Å². The smallest absolute Gasteiger partial charge is 0.358 e. The predicted octanol–water partition coefficient (Wildman–Crippen LogP) is 6.39. The van der Waals surface area contributed by atoms with E-state index in [-0.39, 0.29) is 16.5 Å². The number of benzene rings is 2. The molecule has 4 heterocycles. The van der Waals surface area contributed by atoms with Gasteiger partial charge in [-0.2, -0.15) is 0 Å². The van der Waals surface area contributed by atoms with Crippen molar-refractivity contribution in [1.82, 2.24) is 24.8 Å². The molecule has 0 aliphatic carbocycles. The summed E-state index contributed by atoms with van der Waals surface area (Å²) in [5.74, 6) is 0.104. The summed E-state index contributed by atoms with van der Waals surface area (Å²) in [7, 11) is -2.42. The Balaban J connectivity index is 1.13. The molecule has 47 heavy (non-hydrogen) atoms. The van der Waals surface area contributed by atoms with E-state index in [0.717, 1.165) is 66.2 Å². The first-order chi connectivity index (χ1) is 22.5. The van der Waals surface area contributed by atoms with Crippen LogP contribution in [0, 0.1) is 0 Å². The number of hydrogen-bond donors (Lipinski definition) is 1. The van der Waals surface area contributed by atoms with Crippen LogP contribution in [0.15, 0.2) is 65.4 Å². The molecule has 13 heteroatoms. The lowest BCUT2D eigenvalue weighted by atomic mass is 9.93. The number of fused-ring (bicyclic) bond motifs is 2. The van der Waals surface area contributed by atoms with Crippen LogP contribution in [0.5, 0.6) is 5.75 Å². The molecular formula is C34H38N6O5S2. The second-order valence-corrected chi connectivity index (χ2v) is 16.1. The van der Waals surface area contributed by atoms with Gasteiger partial charge in [0.1, 0.15) is 10.6 Å². The van der Waals surface area contributed by atoms with Crippen molar-refractivity contribution in [3.8, 4) is 5.75 Å². The summed E-state index contributed by atoms with van der Waals surface area (Å²) in [6, 6.07) is 11.2. The van der Waals surface area contributed by atoms with E-state index in [9.17, 15) is 13.2 Å². The van der Waals surface area contributed by atoms with Gasteiger partial charge in [-0.1, -0.05) is 0 Å². The van der Waals surface area contributed by atoms with Crippen LogP contribution in [0.25, 0.3) is 21.1 Å². The van der Waals surface area contributed by atoms with Crippen molar-refractivity contribution in [3.63, 3.8) is 0 Å². The standard InChI is InChI=1S/C34H38N6O5S2/c1-34(2,3)47(42,43)32-17-24-25(39-23-6-7-31-27(16-23)38-21-46-31)8-11-35-26(24)18-30(32)45-15-5-12-40-13-9-22(10-14-40)28-19-37-29(20-36-28)33(41)44-4/h6-8,11,16-22H,5,9-10,12-15H2,1-4H3,(H,35,39). The van der Waals surface area contributed by atoms with Gasteiger partial charge < -0.3 is 19.7 Å². The molecule has 0 unspecified atom stereocenters. The summed E-state index contributed by atoms with van der Waals surface area (Å²) < 4.78 is 38.7. The van der Waals surface area contributed by atoms with E-state index in [0.29, 0.717) is 23.3 Å². The van der Waals surface area contributed by atoms with E-state index in [2.05, 4.69) is 30.2 Å². The van der Waals surface area contributed by atoms with Crippen LogP contribution in [-0.2, 0) is 14.6 Å². The summed E-state index contributed by atoms with van der Waals surface area (Å²) >= 11 is 1.58. The molecule has 1 aliphatic rings. The Morgan fingerprint density at radius 2 is 1.83 bits per heavy atom. The van der Waals surface area contributed by atoms with Crippen LogP contribution < -0.4 is 10.1 Å². The predicted molar refractivity (Wildman–Crippen MR) is 183 cm³/mol. The van der Waals surface area contributed by atoms with Gasteiger partial charge in [-0.25, -0.2) is 23.2 Å². The highest BCUT2D eigenvalue weighted by molar-refractivity contribution is 7.92. The molecule has 0 amide bonds. The van der Waals surface area contributed by atoms with E-state index in [4.69, 9.17) is 9.47 Å². The number of pyridine rings is 1. The van der Waals surface area contributed by atoms with E-state index in [1.165, 1.54) is 13.3 Å². The maximum Gasteiger partial charge on any atom is 0.358 e. The number of aromatic nitrogens is 4. The zero-order chi connectivity index (χ0) is 33.2. The number of hydrogen-bond acceptors (Lipinski definition) is 12. The third-order valence-corrected chi connectivity index (χ3v) is 11.8. The molecule has 11 nitrogen and oxygen atoms in total. The van der Waals surface area contributed by atoms with Gasteiger partial charge in [0.15, 0.2) is 15.5 Å². The number of likely N-dealkylation sites (tertiary alicyclic amines) is 1. The van der Waals surface area contributed by atoms with Crippen LogP contribution in [0.4, 0.5) is 11.4 Å². The first-order valence-electron chi connectivity index (χ1n) is 15.6. The molecule has 3 aromatic heterocycles. The zero-order valence-corrected chi connectivity index (χ0v) is 28.5. The Morgan fingerprint density at radius 3 is 2.55 bits per heavy atom. The average molecular weight is 675 g/mol. The van der Waals surface area contributed by atoms with Gasteiger partial charge in [0, 0.05) is 47.7 Å². The molecule has 0 radical (unpaired) electrons. The molecule has 0 bridgehead atoms. The van der Waals surface area contributed by atoms with Crippen molar-refractivity contribution >= 4 is 59.6 Å². The van der Waals surface area contributed by atoms with Gasteiger partial charge in [-0.15, -0.1) is 11.3 Å². The third-order valence-electron chi connectivity index (χ3n) is 8.46. The highest BCUT2D eigenvalue weighted by Gasteiger charge is 2.34. The van der Waals surface area contributed by atoms with Gasteiger partial charge in [0.25, 0.3) is 0 Å². The highest BCUT2D eigenvalue weighted by Crippen LogP contribution is 2.38. The van der Waals surface area contributed by atoms with Crippen molar-refractivity contribution < 1.29 is 22.7 Å². The molecule has 1 aliphatic heterocycles. The van der Waals surface area contributed by atoms with E-state index in [1.54, 1.807) is 56.6 Å². The van der Waals surface area contributed by atoms with Gasteiger partial charge in [0.05, 0.1) is 51.6 Å². The number of nitrogens with zero attached hydrogens (tertiary/aromatic N) is 5. The Morgan fingerprint density at radius 1 is 1.02 bits per heavy atom. The number of anilines is 2. The van der Waals surface area contributed by atoms with Gasteiger partial charge in [-0.05, 0) is 83.5 Å². The summed E-state index contributed by atoms with van der Waals surface area (Å²) in [4.78, 5) is 31.8. The Bertz CT molecular complexity index is 2000. The quantitative estimate of drug-likeness (QED) is 0.130. The Kier molecular flexibility index (Phi) is 9.40. The highest BCUT2D eigenvalue weighted by atomic mass is 32.2. The van der Waals surface area contributed by atoms with Crippen molar-refractivity contribution in [3.05, 3.63) is 71.9 Å². The summed E-state index contributed by atoms with van der Waals surface area (Å²) in [6.45, 7) is 8.09. The molecular weight excluding hydrogens is 637 g/mol. The first-order valence-corrected chi connectivity index (χ1v) is 17.9. The number of piperidine rings is 1. The number of sulfone groups is 1. The van der Waals surface area contributed by atoms with Crippen LogP contribution in [0.2, 0.25) is 0 Å². The number of carbonyl (C=O) groups is 1. The molecule has 0 atom stereocenters. The molecule has 246 valence electrons. The molecule has 1 fully saturated rings. The molecule has 2 aromatic carbocycles. The number of methoxy groups -OCH3 is 1. The van der Waals surface area contributed by atoms with E-state index < -0.39 is 20.6 Å². The molecule has 0 spiro atoms. The first kappa shape index (κ1) is 32.7. The number of rotatable bonds is 10. The maximum atomic E-state index is 13.8. The molecule has 6 rings (SSSR count). The normalized spacial score (nSPS) is 14.8. The Hall–Kier alpha value is -4.20. The monoisotopic (exact) mass is 674 g/mol. The molecule has 5 aromatic rings. The minimum absolute atomic E-state index is 0.156. The SMILES string of the molecule is COC(=O)c1cnc(C2CCN(CCCOc3cc4nccc(Nc5ccc6scnc6c5)c4cc3S(=O)(=O)C(C)(C)C)CC2)cn1. The largest absolute Gasteiger partial charge is 0.492 e. The number of ether oxygens (including phenoxy) is 2. The van der Waals surface area contributed by atoms with Crippen LogP contribution in [0.1, 0.15) is 62.1 Å². The minimum atomic E-state index is -3.74. The van der Waals surface area contributed by atoms with Crippen LogP contribution in [-0.4, -0.2) is 77.3 Å². The van der Waals surface area contributed by atoms with Gasteiger partial charge in [-0.3, -0.25) is 9.97 Å². The molecule has 1 N–H and O–H groups in total. The van der Waals surface area contributed by atoms with Crippen molar-refractivity contribution in [2.75, 3.05) is 38.7 Å². The van der Waals surface area contributed by atoms with E-state index in [1.807, 2.05) is 29.8 Å². The Labute approximate surface area is 278 Å². The van der Waals surface area contributed by atoms with Crippen molar-refractivity contribution in [2.45, 2.75) is 55.6 Å². The summed E-state index contributed by atoms with van der Waals surface area (Å²) in [5.41, 5.74) is 6.04. The number of esters is 1. The molecule has 0 saturated carbocycles. The third kappa shape index (κ3) is 7.07. The lowest BCUT2D eigenvalue weighted by molar-refractivity contribution is 0.0593. The second kappa shape index (κ2) is 13.5. The van der Waals surface area contributed by atoms with Gasteiger partial charge >= 0.3 is 5.97 Å². The number of carbonyl (C=O) groups excluding carboxylic acids is 1. The summed E-state index contributed by atoms with van der Waals surface area (Å²) in [5, 5.41) is 4.12. The lowest BCUT2D eigenvalue weighted by Gasteiger charge is -2.31. The van der Waals surface area contributed by atoms with E-state index >= 15 is 0 Å². The fourth-order valence-corrected chi connectivity index (χ4v) is 7.66. The van der Waals surface area contributed by atoms with Crippen LogP contribution in [0.3, 0.4) is 0 Å². The summed E-state index contributed by atoms with van der Waals surface area (Å²) in [6.07, 6.45) is 7.46. The number of nitrogens with one attached hydrogen (secondary N) is 1. The second-order valence-electron chi connectivity index (χ2n) is 12.6. The average Bonchev–Trinajstić information content (AvgIpc) is 3.54. The number of thiazole rings is 1. The fraction of sp³-hybridized carbons (Fsp3) is 0.382.